The Balaban J connectivity index is 0.000000115. The lowest BCUT2D eigenvalue weighted by atomic mass is 9.84. The van der Waals surface area contributed by atoms with Crippen LogP contribution in [0.5, 0.6) is 0 Å². The molecule has 0 amide bonds. The van der Waals surface area contributed by atoms with Crippen LogP contribution in [-0.2, 0) is 73.4 Å². The zero-order valence-electron chi connectivity index (χ0n) is 83.0. The van der Waals surface area contributed by atoms with Gasteiger partial charge in [0.15, 0.2) is 17.1 Å². The highest BCUT2D eigenvalue weighted by molar-refractivity contribution is 6.19. The molecule has 6 aromatic heterocycles. The van der Waals surface area contributed by atoms with Gasteiger partial charge >= 0.3 is 42.0 Å². The van der Waals surface area contributed by atoms with Crippen molar-refractivity contribution in [2.75, 3.05) is 34.5 Å². The second kappa shape index (κ2) is 30.0. The first-order chi connectivity index (χ1) is 67.8. The number of methoxy groups -OCH3 is 3. The summed E-state index contributed by atoms with van der Waals surface area (Å²) in [6, 6.07) is 50.5. The fourth-order valence-electron chi connectivity index (χ4n) is 27.1. The van der Waals surface area contributed by atoms with Gasteiger partial charge < -0.3 is 23.7 Å². The molecule has 23 nitrogen and oxygen atoms in total. The van der Waals surface area contributed by atoms with Crippen LogP contribution in [-0.4, -0.2) is 148 Å². The largest absolute Gasteiger partial charge is 0.553 e. The Morgan fingerprint density at radius 1 is 0.362 bits per heavy atom. The standard InChI is InChI=1S/C47H42N4O3.C43H42N4O3.C26H26N4O.2CO2/c1-8-32-33(22-20-29-16-12-10-13-17-29)35-25-39-45(3,4)27-31-24-37-41(44(52)54-9-2)34(23-21-30-18-14-11-15-19-30)36-26-40-46(5,6)28-38-43(53-7)42(32)51(35)47(48(31)39,49(36)37)50(38)40;1-8-28-35(25-16-12-10-13-17-25)30-21-33-41(3,4)23-27-20-29-37(40(48)50-9-2)36(26-18-14-11-15-19-26)31-22-34-42(5,6)24-32-39(49-7)38(28)47(30)43(44(27)33,45(29)31)46(32)34;1-24(2)13-18-10-15-6-7-16-11-22-25(3,4)14-20-23(31-5)19-9-8-17-12-21(24)29(18)26(27(15)16,28(17)19)30(20)22;2*2-1-3/h10-19,24-26H,8-9,27-28H2,1-7H3;10-22H,8-9,23-24H2,1-7H3;6-12H,13-14H2,1-5H3;;/q3*+2;;/t47-;43-;26-;;/m110../s1. The molecule has 3 spiro atoms. The summed E-state index contributed by atoms with van der Waals surface area (Å²) in [5.74, 6) is 14.0. The van der Waals surface area contributed by atoms with Gasteiger partial charge in [0.25, 0.3) is 0 Å². The molecule has 0 fully saturated rings. The first-order valence-corrected chi connectivity index (χ1v) is 49.0. The maximum atomic E-state index is 14.4. The van der Waals surface area contributed by atoms with Crippen LogP contribution in [0.2, 0.25) is 0 Å². The average Bonchev–Trinajstić information content (AvgIpc) is 1.47. The molecule has 0 aliphatic carbocycles. The van der Waals surface area contributed by atoms with Gasteiger partial charge in [-0.2, -0.15) is 46.6 Å². The minimum absolute atomic E-state index is 0.0334. The molecule has 0 N–H and O–H groups in total. The van der Waals surface area contributed by atoms with Gasteiger partial charge in [0.2, 0.25) is 68.6 Å². The number of carbonyl (C=O) groups excluding carboxylic acids is 6. The maximum absolute atomic E-state index is 14.4. The predicted octanol–water partition coefficient (Wildman–Crippen LogP) is 13.8. The number of rotatable bonds is 11. The summed E-state index contributed by atoms with van der Waals surface area (Å²) in [5, 5.41) is 6.95. The maximum Gasteiger partial charge on any atom is 0.553 e. The number of allylic oxidation sites excluding steroid dienone is 6. The Bertz CT molecular complexity index is 8650. The topological polar surface area (TPSA) is 196 Å². The second-order valence-corrected chi connectivity index (χ2v) is 43.0. The van der Waals surface area contributed by atoms with Gasteiger partial charge in [-0.15, -0.1) is 0 Å². The van der Waals surface area contributed by atoms with E-state index < -0.39 is 17.7 Å². The monoisotopic (exact) mass is 1870 g/mol. The van der Waals surface area contributed by atoms with Crippen LogP contribution in [0.3, 0.4) is 0 Å². The van der Waals surface area contributed by atoms with Gasteiger partial charge in [-0.25, -0.2) is 9.59 Å². The second-order valence-electron chi connectivity index (χ2n) is 43.0. The van der Waals surface area contributed by atoms with Crippen LogP contribution in [0, 0.1) is 56.2 Å². The van der Waals surface area contributed by atoms with Crippen molar-refractivity contribution < 1.29 is 79.9 Å². The molecule has 24 heterocycles. The van der Waals surface area contributed by atoms with E-state index in [4.69, 9.17) is 42.9 Å². The van der Waals surface area contributed by atoms with E-state index in [1.807, 2.05) is 82.7 Å². The lowest BCUT2D eigenvalue weighted by molar-refractivity contribution is -0.838. The molecule has 18 aliphatic heterocycles. The Morgan fingerprint density at radius 3 is 1.33 bits per heavy atom. The summed E-state index contributed by atoms with van der Waals surface area (Å²) in [5.41, 5.74) is 31.9. The van der Waals surface area contributed by atoms with Crippen molar-refractivity contribution in [2.45, 2.75) is 180 Å². The van der Waals surface area contributed by atoms with E-state index in [2.05, 4.69) is 321 Å². The number of carbonyl (C=O) groups is 2. The zero-order chi connectivity index (χ0) is 98.3. The van der Waals surface area contributed by atoms with Gasteiger partial charge in [0, 0.05) is 96.2 Å². The van der Waals surface area contributed by atoms with Crippen molar-refractivity contribution >= 4 is 130 Å². The highest BCUT2D eigenvalue weighted by Crippen LogP contribution is 2.62. The van der Waals surface area contributed by atoms with Crippen molar-refractivity contribution in [3.05, 3.63) is 291 Å². The molecule has 0 bridgehead atoms. The van der Waals surface area contributed by atoms with Crippen LogP contribution in [0.4, 0.5) is 0 Å². The van der Waals surface area contributed by atoms with Crippen LogP contribution < -0.4 is 32.1 Å². The first-order valence-electron chi connectivity index (χ1n) is 49.0. The van der Waals surface area contributed by atoms with E-state index in [9.17, 15) is 9.59 Å². The van der Waals surface area contributed by atoms with Crippen LogP contribution in [0.1, 0.15) is 238 Å². The quantitative estimate of drug-likeness (QED) is 0.0679. The molecular formula is C118H110N12O11+6. The minimum atomic E-state index is -0.975. The normalized spacial score (nSPS) is 22.3. The zero-order valence-corrected chi connectivity index (χ0v) is 83.0. The van der Waals surface area contributed by atoms with Crippen LogP contribution in [0.15, 0.2) is 180 Å². The van der Waals surface area contributed by atoms with Gasteiger partial charge in [-0.1, -0.05) is 162 Å². The van der Waals surface area contributed by atoms with E-state index in [0.717, 1.165) is 158 Å². The Hall–Kier alpha value is -15.5. The average molecular weight is 1870 g/mol. The van der Waals surface area contributed by atoms with Crippen LogP contribution >= 0.6 is 0 Å². The number of benzene rings is 4. The number of aromatic nitrogens is 6. The van der Waals surface area contributed by atoms with Gasteiger partial charge in [0.05, 0.1) is 153 Å². The number of hydrogen-bond donors (Lipinski definition) is 0. The van der Waals surface area contributed by atoms with E-state index in [-0.39, 0.29) is 63.3 Å². The van der Waals surface area contributed by atoms with E-state index >= 15 is 0 Å². The fraction of sp³-hybridized carbons (Fsp3) is 0.322. The Labute approximate surface area is 816 Å². The SMILES string of the molecule is CCOC(=O)c1c(-c2ccccc2)c2n3c1C=C1CC(C)(C)C4=[N+]1[C@@]31n3c(c(-c5ccccc5)c(CC)c3=C(OC)C3=[N+]1C(=C2)C(C)(C)C3)=C4.CCOC(=O)c1c(C#Cc2ccccc2)c2n3c1C=C1CC(C)(C)C4=[N+]1[C@@]31n3c(c(C#Cc5ccccc5)c(CC)c3=C(OC)C3=[N+]1C(=C2)C(C)(C)C3)=C4.COC1=C2CC(C)(C)C3=[N+]2[C@@]24n5c(ccc51)C=C1[N+]2=C(C=c2ccc(n24)=C3)CC1(C)C.O=C=O.O=C=O. The molecule has 23 heteroatoms. The third kappa shape index (κ3) is 11.1. The Kier molecular flexibility index (Phi) is 18.8. The molecule has 4 aromatic carbocycles. The number of hydrogen-bond acceptors (Lipinski definition) is 11. The summed E-state index contributed by atoms with van der Waals surface area (Å²) < 4.78 is 61.5. The van der Waals surface area contributed by atoms with Gasteiger partial charge in [-0.05, 0) is 181 Å². The molecular weight excluding hydrogens is 1760 g/mol. The summed E-state index contributed by atoms with van der Waals surface area (Å²) in [4.78, 5) is 61.2. The van der Waals surface area contributed by atoms with E-state index in [1.165, 1.54) is 95.5 Å². The lowest BCUT2D eigenvalue weighted by Crippen LogP contribution is -2.70. The molecule has 10 aromatic rings. The summed E-state index contributed by atoms with van der Waals surface area (Å²) >= 11 is 0. The fourth-order valence-corrected chi connectivity index (χ4v) is 27.1. The lowest BCUT2D eigenvalue weighted by Gasteiger charge is -2.39. The predicted molar refractivity (Wildman–Crippen MR) is 535 cm³/mol. The smallest absolute Gasteiger partial charge is 0.489 e. The van der Waals surface area contributed by atoms with Crippen molar-refractivity contribution in [3.63, 3.8) is 0 Å². The molecule has 702 valence electrons. The van der Waals surface area contributed by atoms with Gasteiger partial charge in [-0.3, -0.25) is 0 Å². The number of esters is 2. The van der Waals surface area contributed by atoms with Crippen molar-refractivity contribution in [1.82, 2.24) is 27.4 Å². The third-order valence-electron chi connectivity index (χ3n) is 32.2. The Morgan fingerprint density at radius 2 is 0.801 bits per heavy atom. The third-order valence-corrected chi connectivity index (χ3v) is 32.2. The molecule has 28 rings (SSSR count). The molecule has 18 aliphatic rings. The molecule has 0 saturated carbocycles. The van der Waals surface area contributed by atoms with Crippen molar-refractivity contribution in [3.8, 4) is 45.9 Å². The summed E-state index contributed by atoms with van der Waals surface area (Å²) in [6.45, 7) is 37.0. The summed E-state index contributed by atoms with van der Waals surface area (Å²) in [6.07, 6.45) is 28.5. The summed E-state index contributed by atoms with van der Waals surface area (Å²) in [7, 11) is 5.45. The van der Waals surface area contributed by atoms with E-state index in [1.54, 1.807) is 7.11 Å². The van der Waals surface area contributed by atoms with Crippen LogP contribution in [0.25, 0.3) is 94.2 Å². The first kappa shape index (κ1) is 88.2. The molecule has 0 radical (unpaired) electrons. The molecule has 0 saturated heterocycles. The molecule has 141 heavy (non-hydrogen) atoms. The van der Waals surface area contributed by atoms with Gasteiger partial charge in [0.1, 0.15) is 22.0 Å². The number of ether oxygens (including phenoxy) is 5. The van der Waals surface area contributed by atoms with E-state index in [0.29, 0.717) is 23.3 Å². The molecule has 0 unspecified atom stereocenters. The van der Waals surface area contributed by atoms with Crippen molar-refractivity contribution in [2.24, 2.45) is 32.5 Å². The highest BCUT2D eigenvalue weighted by Gasteiger charge is 2.81. The molecule has 3 atom stereocenters. The number of nitrogens with zero attached hydrogens (tertiary/aromatic N) is 12. The van der Waals surface area contributed by atoms with Crippen molar-refractivity contribution in [1.29, 1.82) is 0 Å². The highest BCUT2D eigenvalue weighted by atomic mass is 16.5. The minimum Gasteiger partial charge on any atom is -0.489 e.